The summed E-state index contributed by atoms with van der Waals surface area (Å²) in [5.41, 5.74) is 0. The van der Waals surface area contributed by atoms with Gasteiger partial charge in [0.15, 0.2) is 12.2 Å². The Hall–Kier alpha value is -6.10. The van der Waals surface area contributed by atoms with Crippen LogP contribution in [0.3, 0.4) is 0 Å². The summed E-state index contributed by atoms with van der Waals surface area (Å²) in [4.78, 5) is 73.1. The van der Waals surface area contributed by atoms with E-state index in [4.69, 9.17) is 37.0 Å². The summed E-state index contributed by atoms with van der Waals surface area (Å²) in [7, 11) is -10.0. The Kier molecular flexibility index (Phi) is 76.4. The minimum atomic E-state index is -5.02. The van der Waals surface area contributed by atoms with E-state index in [1.165, 1.54) is 57.8 Å². The van der Waals surface area contributed by atoms with Gasteiger partial charge in [-0.1, -0.05) is 286 Å². The number of carbonyl (C=O) groups is 4. The van der Waals surface area contributed by atoms with E-state index in [1.807, 2.05) is 30.4 Å². The molecule has 0 radical (unpaired) electrons. The highest BCUT2D eigenvalue weighted by atomic mass is 31.2. The second-order valence-corrected chi connectivity index (χ2v) is 29.9. The van der Waals surface area contributed by atoms with Gasteiger partial charge in [0.1, 0.15) is 19.3 Å². The number of allylic oxidation sites excluding steroid dienone is 32. The van der Waals surface area contributed by atoms with Crippen LogP contribution in [0.1, 0.15) is 297 Å². The quantitative estimate of drug-likeness (QED) is 0.0169. The standard InChI is InChI=1S/C91H146O17P2/c1-5-9-13-17-21-25-29-33-37-40-42-45-49-52-56-60-64-68-72-76-89(94)102-82-87(108-91(96)78-74-70-66-62-58-54-50-46-43-41-38-34-30-26-22-18-14-10-6-2)84-106-110(99,100)104-80-85(92)79-103-109(97,98)105-83-86(107-90(95)77-73-69-65-61-57-53-47-36-32-28-24-20-16-12-8-4)81-101-88(93)75-71-67-63-59-55-51-48-44-39-35-31-27-23-19-15-11-7-3/h10,14,21-28,33-39,42-43,45-48,51-52,54,56,58-59,63-64,68,85-87,92H,5-9,11-13,15-20,29-32,40-41,44,49-50,53,55,57,60-62,65-67,69-84H2,1-4H3,(H,97,98)(H,99,100)/b14-10-,25-21-,26-22-,27-23-,28-24-,37-33-,38-34-,39-35-,45-42-,46-43-,47-36-,51-48-,56-52-,58-54-,63-59-,68-64-/t85-,86+,87+/m0/s1. The molecule has 17 nitrogen and oxygen atoms in total. The lowest BCUT2D eigenvalue weighted by molar-refractivity contribution is -0.161. The first-order valence-corrected chi connectivity index (χ1v) is 44.7. The summed E-state index contributed by atoms with van der Waals surface area (Å²) >= 11 is 0. The smallest absolute Gasteiger partial charge is 0.462 e. The Morgan fingerprint density at radius 2 is 0.500 bits per heavy atom. The molecule has 0 aliphatic rings. The molecule has 0 bridgehead atoms. The van der Waals surface area contributed by atoms with Crippen LogP contribution in [0.2, 0.25) is 0 Å². The minimum absolute atomic E-state index is 0.0211. The van der Waals surface area contributed by atoms with Gasteiger partial charge in [-0.05, 0) is 180 Å². The summed E-state index contributed by atoms with van der Waals surface area (Å²) in [5, 5.41) is 10.7. The third-order valence-electron chi connectivity index (χ3n) is 16.5. The number of unbranched alkanes of at least 4 members (excludes halogenated alkanes) is 18. The molecule has 0 aromatic rings. The summed E-state index contributed by atoms with van der Waals surface area (Å²) in [6.07, 6.45) is 99.9. The van der Waals surface area contributed by atoms with Crippen LogP contribution in [0.15, 0.2) is 194 Å². The Labute approximate surface area is 666 Å². The molecule has 0 amide bonds. The fourth-order valence-electron chi connectivity index (χ4n) is 10.2. The topological polar surface area (TPSA) is 237 Å². The Balaban J connectivity index is 5.56. The predicted molar refractivity (Wildman–Crippen MR) is 454 cm³/mol. The molecule has 110 heavy (non-hydrogen) atoms. The number of carbonyl (C=O) groups excluding carboxylic acids is 4. The second-order valence-electron chi connectivity index (χ2n) is 27.0. The maximum absolute atomic E-state index is 13.1. The van der Waals surface area contributed by atoms with Crippen LogP contribution >= 0.6 is 15.6 Å². The van der Waals surface area contributed by atoms with Gasteiger partial charge in [0.2, 0.25) is 0 Å². The largest absolute Gasteiger partial charge is 0.472 e. The lowest BCUT2D eigenvalue weighted by Crippen LogP contribution is -2.30. The number of hydrogen-bond donors (Lipinski definition) is 3. The van der Waals surface area contributed by atoms with Crippen LogP contribution in [0.4, 0.5) is 0 Å². The van der Waals surface area contributed by atoms with E-state index in [9.17, 15) is 43.2 Å². The molecule has 0 spiro atoms. The lowest BCUT2D eigenvalue weighted by atomic mass is 10.1. The van der Waals surface area contributed by atoms with E-state index in [0.29, 0.717) is 38.5 Å². The normalized spacial score (nSPS) is 14.8. The van der Waals surface area contributed by atoms with Crippen LogP contribution in [0.25, 0.3) is 0 Å². The highest BCUT2D eigenvalue weighted by Crippen LogP contribution is 2.45. The number of rotatable bonds is 76. The molecule has 0 rings (SSSR count). The van der Waals surface area contributed by atoms with Crippen molar-refractivity contribution in [2.24, 2.45) is 0 Å². The Morgan fingerprint density at radius 3 is 0.818 bits per heavy atom. The molecule has 0 heterocycles. The van der Waals surface area contributed by atoms with Crippen LogP contribution in [-0.4, -0.2) is 96.7 Å². The summed E-state index contributed by atoms with van der Waals surface area (Å²) < 4.78 is 68.6. The van der Waals surface area contributed by atoms with Gasteiger partial charge in [-0.25, -0.2) is 9.13 Å². The average Bonchev–Trinajstić information content (AvgIpc) is 0.899. The first-order valence-electron chi connectivity index (χ1n) is 41.7. The molecular formula is C91H146O17P2. The van der Waals surface area contributed by atoms with E-state index >= 15 is 0 Å². The molecule has 0 aromatic carbocycles. The van der Waals surface area contributed by atoms with Crippen LogP contribution < -0.4 is 0 Å². The van der Waals surface area contributed by atoms with Crippen molar-refractivity contribution in [2.45, 2.75) is 316 Å². The highest BCUT2D eigenvalue weighted by Gasteiger charge is 2.30. The van der Waals surface area contributed by atoms with Crippen molar-refractivity contribution >= 4 is 39.5 Å². The zero-order valence-corrected chi connectivity index (χ0v) is 69.9. The molecule has 622 valence electrons. The first-order chi connectivity index (χ1) is 53.7. The van der Waals surface area contributed by atoms with Crippen molar-refractivity contribution in [1.82, 2.24) is 0 Å². The van der Waals surface area contributed by atoms with Gasteiger partial charge < -0.3 is 33.8 Å². The van der Waals surface area contributed by atoms with E-state index < -0.39 is 97.5 Å². The van der Waals surface area contributed by atoms with Crippen LogP contribution in [-0.2, 0) is 65.4 Å². The zero-order valence-electron chi connectivity index (χ0n) is 68.1. The Morgan fingerprint density at radius 1 is 0.264 bits per heavy atom. The number of phosphoric acid groups is 2. The number of aliphatic hydroxyl groups excluding tert-OH is 1. The molecule has 0 aliphatic carbocycles. The Bertz CT molecular complexity index is 2850. The molecule has 0 saturated carbocycles. The number of phosphoric ester groups is 2. The molecule has 3 N–H and O–H groups in total. The lowest BCUT2D eigenvalue weighted by Gasteiger charge is -2.21. The number of aliphatic hydroxyl groups is 1. The maximum Gasteiger partial charge on any atom is 0.472 e. The van der Waals surface area contributed by atoms with Gasteiger partial charge in [0.25, 0.3) is 0 Å². The van der Waals surface area contributed by atoms with Crippen molar-refractivity contribution in [3.8, 4) is 0 Å². The van der Waals surface area contributed by atoms with Gasteiger partial charge in [0, 0.05) is 25.7 Å². The second kappa shape index (κ2) is 80.9. The maximum atomic E-state index is 13.1. The van der Waals surface area contributed by atoms with E-state index in [-0.39, 0.29) is 25.7 Å². The molecule has 0 fully saturated rings. The van der Waals surface area contributed by atoms with Gasteiger partial charge in [0.05, 0.1) is 26.4 Å². The highest BCUT2D eigenvalue weighted by molar-refractivity contribution is 7.47. The first kappa shape index (κ1) is 104. The summed E-state index contributed by atoms with van der Waals surface area (Å²) in [6.45, 7) is 4.46. The van der Waals surface area contributed by atoms with Crippen molar-refractivity contribution in [3.05, 3.63) is 194 Å². The zero-order chi connectivity index (χ0) is 80.3. The van der Waals surface area contributed by atoms with Crippen molar-refractivity contribution in [2.75, 3.05) is 39.6 Å². The molecule has 5 atom stereocenters. The van der Waals surface area contributed by atoms with E-state index in [1.54, 1.807) is 0 Å². The number of ether oxygens (including phenoxy) is 4. The molecule has 0 aromatic heterocycles. The monoisotopic (exact) mass is 1570 g/mol. The summed E-state index contributed by atoms with van der Waals surface area (Å²) in [5.74, 6) is -2.41. The fraction of sp³-hybridized carbons (Fsp3) is 0.604. The summed E-state index contributed by atoms with van der Waals surface area (Å²) in [6, 6.07) is 0. The SMILES string of the molecule is CC/C=C\C/C=C\C/C=C\C/C=C\C/C=C\CCCCCC(=O)O[C@H](COC(=O)CC/C=C\C/C=C\C/C=C\C/C=C\C/C=C\CCCCC)COP(=O)(O)OC[C@@H](O)COP(=O)(O)OC[C@@H](COC(=O)CCC/C=C\C/C=C\C/C=C\C/C=C\CCCCC)OC(=O)CCCCCCC/C=C\C/C=C\CCCCC. The molecular weight excluding hydrogens is 1430 g/mol. The molecule has 19 heteroatoms. The third kappa shape index (κ3) is 80.0. The van der Waals surface area contributed by atoms with Crippen molar-refractivity contribution < 1.29 is 80.2 Å². The predicted octanol–water partition coefficient (Wildman–Crippen LogP) is 24.9. The van der Waals surface area contributed by atoms with Gasteiger partial charge in [-0.15, -0.1) is 0 Å². The van der Waals surface area contributed by atoms with Crippen LogP contribution in [0.5, 0.6) is 0 Å². The van der Waals surface area contributed by atoms with Gasteiger partial charge in [-0.2, -0.15) is 0 Å². The van der Waals surface area contributed by atoms with Crippen molar-refractivity contribution in [3.63, 3.8) is 0 Å². The average molecular weight is 1570 g/mol. The van der Waals surface area contributed by atoms with Gasteiger partial charge >= 0.3 is 39.5 Å². The van der Waals surface area contributed by atoms with Crippen molar-refractivity contribution in [1.29, 1.82) is 0 Å². The molecule has 2 unspecified atom stereocenters. The van der Waals surface area contributed by atoms with E-state index in [2.05, 4.69) is 192 Å². The minimum Gasteiger partial charge on any atom is -0.462 e. The van der Waals surface area contributed by atoms with Crippen LogP contribution in [0, 0.1) is 0 Å². The van der Waals surface area contributed by atoms with E-state index in [0.717, 1.165) is 148 Å². The van der Waals surface area contributed by atoms with Gasteiger partial charge in [-0.3, -0.25) is 37.3 Å². The fourth-order valence-corrected chi connectivity index (χ4v) is 11.8. The number of esters is 4. The molecule has 0 saturated heterocycles. The third-order valence-corrected chi connectivity index (χ3v) is 18.4. The number of hydrogen-bond acceptors (Lipinski definition) is 15. The molecule has 0 aliphatic heterocycles.